The molecule has 0 aliphatic carbocycles. The molecule has 1 fully saturated rings. The van der Waals surface area contributed by atoms with Crippen LogP contribution in [0.25, 0.3) is 0 Å². The Kier molecular flexibility index (Phi) is 9.01. The van der Waals surface area contributed by atoms with Crippen LogP contribution in [0.1, 0.15) is 27.9 Å². The number of ether oxygens (including phenoxy) is 3. The highest BCUT2D eigenvalue weighted by Crippen LogP contribution is 2.38. The van der Waals surface area contributed by atoms with Crippen LogP contribution in [0, 0.1) is 13.8 Å². The number of Topliss-reactive ketones (excluding diaryl/α,β-unsaturated/α-hetero) is 1. The van der Waals surface area contributed by atoms with Crippen LogP contribution in [0.15, 0.2) is 30.3 Å². The minimum atomic E-state index is 0. The van der Waals surface area contributed by atoms with E-state index in [0.717, 1.165) is 32.7 Å². The summed E-state index contributed by atoms with van der Waals surface area (Å²) in [5.41, 5.74) is 4.58. The average Bonchev–Trinajstić information content (AvgIpc) is 2.77. The monoisotopic (exact) mass is 448 g/mol. The highest BCUT2D eigenvalue weighted by Gasteiger charge is 2.21. The van der Waals surface area contributed by atoms with Gasteiger partial charge < -0.3 is 19.1 Å². The fraction of sp³-hybridized carbons (Fsp3) is 0.458. The van der Waals surface area contributed by atoms with Gasteiger partial charge in [0.2, 0.25) is 5.75 Å². The minimum absolute atomic E-state index is 0. The van der Waals surface area contributed by atoms with Gasteiger partial charge in [0, 0.05) is 50.4 Å². The summed E-state index contributed by atoms with van der Waals surface area (Å²) in [6, 6.07) is 9.90. The largest absolute Gasteiger partial charge is 0.493 e. The van der Waals surface area contributed by atoms with E-state index in [0.29, 0.717) is 29.2 Å². The van der Waals surface area contributed by atoms with E-state index in [2.05, 4.69) is 41.8 Å². The van der Waals surface area contributed by atoms with Gasteiger partial charge >= 0.3 is 0 Å². The first-order chi connectivity index (χ1) is 14.5. The number of carbonyl (C=O) groups is 1. The van der Waals surface area contributed by atoms with Crippen LogP contribution in [0.4, 0.5) is 5.69 Å². The third kappa shape index (κ3) is 5.63. The quantitative estimate of drug-likeness (QED) is 0.565. The summed E-state index contributed by atoms with van der Waals surface area (Å²) >= 11 is 0. The Hall–Kier alpha value is -2.44. The lowest BCUT2D eigenvalue weighted by Crippen LogP contribution is -2.47. The number of carbonyl (C=O) groups excluding carboxylic acids is 1. The molecule has 1 saturated heterocycles. The Balaban J connectivity index is 0.00000341. The fourth-order valence-corrected chi connectivity index (χ4v) is 4.15. The minimum Gasteiger partial charge on any atom is -0.493 e. The maximum Gasteiger partial charge on any atom is 0.203 e. The molecule has 2 aromatic carbocycles. The number of hydrogen-bond acceptors (Lipinski definition) is 6. The first-order valence-electron chi connectivity index (χ1n) is 10.3. The lowest BCUT2D eigenvalue weighted by Gasteiger charge is -2.37. The maximum absolute atomic E-state index is 12.8. The van der Waals surface area contributed by atoms with Crippen molar-refractivity contribution < 1.29 is 19.0 Å². The van der Waals surface area contributed by atoms with Crippen molar-refractivity contribution in [3.63, 3.8) is 0 Å². The van der Waals surface area contributed by atoms with Crippen LogP contribution < -0.4 is 19.1 Å². The molecule has 0 amide bonds. The molecule has 0 radical (unpaired) electrons. The topological polar surface area (TPSA) is 51.2 Å². The van der Waals surface area contributed by atoms with Crippen LogP contribution in [0.3, 0.4) is 0 Å². The summed E-state index contributed by atoms with van der Waals surface area (Å²) in [4.78, 5) is 17.6. The van der Waals surface area contributed by atoms with Gasteiger partial charge in [-0.15, -0.1) is 12.4 Å². The molecule has 0 N–H and O–H groups in total. The summed E-state index contributed by atoms with van der Waals surface area (Å²) in [6.07, 6.45) is 0.460. The van der Waals surface area contributed by atoms with E-state index in [1.165, 1.54) is 16.8 Å². The molecule has 0 bridgehead atoms. The third-order valence-electron chi connectivity index (χ3n) is 5.77. The van der Waals surface area contributed by atoms with Gasteiger partial charge in [-0.2, -0.15) is 0 Å². The van der Waals surface area contributed by atoms with Crippen LogP contribution in [0.5, 0.6) is 17.2 Å². The van der Waals surface area contributed by atoms with Crippen molar-refractivity contribution >= 4 is 23.9 Å². The van der Waals surface area contributed by atoms with Crippen molar-refractivity contribution in [2.75, 3.05) is 59.0 Å². The van der Waals surface area contributed by atoms with Gasteiger partial charge in [0.25, 0.3) is 0 Å². The van der Waals surface area contributed by atoms with Crippen molar-refractivity contribution in [1.82, 2.24) is 4.90 Å². The summed E-state index contributed by atoms with van der Waals surface area (Å²) < 4.78 is 16.1. The number of aryl methyl sites for hydroxylation is 2. The number of nitrogens with zero attached hydrogens (tertiary/aromatic N) is 2. The van der Waals surface area contributed by atoms with Gasteiger partial charge in [-0.3, -0.25) is 9.69 Å². The zero-order valence-electron chi connectivity index (χ0n) is 19.1. The standard InChI is InChI=1S/C24H32N2O4.ClH/c1-17-7-6-8-18(2)23(17)26-13-11-25(12-14-26)10-9-20(27)19-15-21(28-3)24(30-5)22(16-19)29-4;/h6-8,15-16H,9-14H2,1-5H3;1H. The Labute approximate surface area is 191 Å². The van der Waals surface area contributed by atoms with Crippen molar-refractivity contribution in [3.8, 4) is 17.2 Å². The molecule has 0 saturated carbocycles. The van der Waals surface area contributed by atoms with E-state index < -0.39 is 0 Å². The van der Waals surface area contributed by atoms with Gasteiger partial charge in [-0.1, -0.05) is 18.2 Å². The summed E-state index contributed by atoms with van der Waals surface area (Å²) in [5, 5.41) is 0. The normalized spacial score (nSPS) is 14.0. The van der Waals surface area contributed by atoms with Gasteiger partial charge in [0.15, 0.2) is 17.3 Å². The van der Waals surface area contributed by atoms with E-state index in [1.807, 2.05) is 0 Å². The molecule has 2 aromatic rings. The molecule has 7 heteroatoms. The summed E-state index contributed by atoms with van der Waals surface area (Å²) in [5.74, 6) is 1.58. The number of halogens is 1. The Morgan fingerprint density at radius 3 is 1.94 bits per heavy atom. The highest BCUT2D eigenvalue weighted by atomic mass is 35.5. The molecule has 0 aromatic heterocycles. The second-order valence-corrected chi connectivity index (χ2v) is 7.66. The molecule has 0 unspecified atom stereocenters. The predicted molar refractivity (Wildman–Crippen MR) is 127 cm³/mol. The molecular formula is C24H33ClN2O4. The molecule has 31 heavy (non-hydrogen) atoms. The first-order valence-corrected chi connectivity index (χ1v) is 10.3. The second-order valence-electron chi connectivity index (χ2n) is 7.66. The Morgan fingerprint density at radius 2 is 1.45 bits per heavy atom. The smallest absolute Gasteiger partial charge is 0.203 e. The van der Waals surface area contributed by atoms with E-state index >= 15 is 0 Å². The van der Waals surface area contributed by atoms with E-state index in [1.54, 1.807) is 33.5 Å². The van der Waals surface area contributed by atoms with E-state index in [-0.39, 0.29) is 18.2 Å². The number of rotatable bonds is 8. The third-order valence-corrected chi connectivity index (χ3v) is 5.77. The molecule has 6 nitrogen and oxygen atoms in total. The molecule has 1 aliphatic rings. The maximum atomic E-state index is 12.8. The molecule has 1 heterocycles. The molecule has 0 atom stereocenters. The van der Waals surface area contributed by atoms with Crippen molar-refractivity contribution in [3.05, 3.63) is 47.0 Å². The van der Waals surface area contributed by atoms with Crippen LogP contribution >= 0.6 is 12.4 Å². The van der Waals surface area contributed by atoms with Crippen LogP contribution in [-0.2, 0) is 0 Å². The van der Waals surface area contributed by atoms with Crippen LogP contribution in [-0.4, -0.2) is 64.7 Å². The Morgan fingerprint density at radius 1 is 0.903 bits per heavy atom. The summed E-state index contributed by atoms with van der Waals surface area (Å²) in [6.45, 7) is 8.95. The van der Waals surface area contributed by atoms with Crippen molar-refractivity contribution in [2.45, 2.75) is 20.3 Å². The number of ketones is 1. The van der Waals surface area contributed by atoms with Gasteiger partial charge in [0.1, 0.15) is 0 Å². The number of anilines is 1. The highest BCUT2D eigenvalue weighted by molar-refractivity contribution is 5.97. The van der Waals surface area contributed by atoms with Gasteiger partial charge in [0.05, 0.1) is 21.3 Å². The van der Waals surface area contributed by atoms with Gasteiger partial charge in [-0.25, -0.2) is 0 Å². The van der Waals surface area contributed by atoms with E-state index in [9.17, 15) is 4.79 Å². The van der Waals surface area contributed by atoms with Crippen molar-refractivity contribution in [1.29, 1.82) is 0 Å². The number of benzene rings is 2. The molecule has 0 spiro atoms. The second kappa shape index (κ2) is 11.3. The van der Waals surface area contributed by atoms with E-state index in [4.69, 9.17) is 14.2 Å². The number of piperazine rings is 1. The zero-order chi connectivity index (χ0) is 21.7. The lowest BCUT2D eigenvalue weighted by atomic mass is 10.1. The number of para-hydroxylation sites is 1. The molecule has 3 rings (SSSR count). The van der Waals surface area contributed by atoms with Gasteiger partial charge in [-0.05, 0) is 37.1 Å². The zero-order valence-corrected chi connectivity index (χ0v) is 19.9. The molecular weight excluding hydrogens is 416 g/mol. The summed E-state index contributed by atoms with van der Waals surface area (Å²) in [7, 11) is 4.67. The average molecular weight is 449 g/mol. The van der Waals surface area contributed by atoms with Crippen molar-refractivity contribution in [2.24, 2.45) is 0 Å². The number of methoxy groups -OCH3 is 3. The first kappa shape index (κ1) is 24.8. The predicted octanol–water partition coefficient (Wildman–Crippen LogP) is 4.15. The van der Waals surface area contributed by atoms with Crippen LogP contribution in [0.2, 0.25) is 0 Å². The fourth-order valence-electron chi connectivity index (χ4n) is 4.15. The SMILES string of the molecule is COc1cc(C(=O)CCN2CCN(c3c(C)cccc3C)CC2)cc(OC)c1OC.Cl. The Bertz CT molecular complexity index is 850. The molecule has 170 valence electrons. The number of hydrogen-bond donors (Lipinski definition) is 0. The molecule has 1 aliphatic heterocycles. The lowest BCUT2D eigenvalue weighted by molar-refractivity contribution is 0.0961.